The summed E-state index contributed by atoms with van der Waals surface area (Å²) in [6.07, 6.45) is 0.388. The van der Waals surface area contributed by atoms with Crippen molar-refractivity contribution >= 4 is 0 Å². The van der Waals surface area contributed by atoms with E-state index >= 15 is 0 Å². The smallest absolute Gasteiger partial charge is 0.124 e. The first-order valence-electron chi connectivity index (χ1n) is 6.49. The van der Waals surface area contributed by atoms with Gasteiger partial charge in [-0.1, -0.05) is 6.92 Å². The van der Waals surface area contributed by atoms with Crippen LogP contribution in [0.5, 0.6) is 5.75 Å². The Hall–Kier alpha value is -1.06. The fourth-order valence-electron chi connectivity index (χ4n) is 2.79. The molecule has 0 amide bonds. The van der Waals surface area contributed by atoms with E-state index in [1.807, 2.05) is 26.0 Å². The van der Waals surface area contributed by atoms with Gasteiger partial charge in [-0.3, -0.25) is 0 Å². The number of aliphatic hydroxyl groups excluding tert-OH is 1. The second-order valence-corrected chi connectivity index (χ2v) is 5.23. The molecule has 1 aliphatic heterocycles. The number of ether oxygens (including phenoxy) is 2. The quantitative estimate of drug-likeness (QED) is 0.896. The summed E-state index contributed by atoms with van der Waals surface area (Å²) in [5.41, 5.74) is 3.03. The minimum absolute atomic E-state index is 0.0859. The number of hydrogen-bond donors (Lipinski definition) is 1. The third-order valence-corrected chi connectivity index (χ3v) is 3.78. The molecular formula is C15H22O3. The molecule has 3 heteroatoms. The fourth-order valence-corrected chi connectivity index (χ4v) is 2.79. The summed E-state index contributed by atoms with van der Waals surface area (Å²) >= 11 is 0. The molecular weight excluding hydrogens is 228 g/mol. The molecule has 1 heterocycles. The van der Waals surface area contributed by atoms with Crippen molar-refractivity contribution in [3.05, 3.63) is 28.8 Å². The molecule has 0 saturated carbocycles. The first kappa shape index (κ1) is 13.4. The Morgan fingerprint density at radius 2 is 1.94 bits per heavy atom. The first-order chi connectivity index (χ1) is 8.54. The normalized spacial score (nSPS) is 25.2. The van der Waals surface area contributed by atoms with Crippen molar-refractivity contribution in [2.75, 3.05) is 13.7 Å². The maximum atomic E-state index is 10.4. The Labute approximate surface area is 109 Å². The van der Waals surface area contributed by atoms with Gasteiger partial charge in [0, 0.05) is 6.61 Å². The Kier molecular flexibility index (Phi) is 3.93. The van der Waals surface area contributed by atoms with Gasteiger partial charge in [-0.15, -0.1) is 0 Å². The van der Waals surface area contributed by atoms with Crippen molar-refractivity contribution in [3.63, 3.8) is 0 Å². The largest absolute Gasteiger partial charge is 0.496 e. The third-order valence-electron chi connectivity index (χ3n) is 3.78. The van der Waals surface area contributed by atoms with Crippen molar-refractivity contribution in [2.24, 2.45) is 5.92 Å². The standard InChI is InChI=1S/C15H22O3/c1-9-5-6-18-15(9)13(16)12-7-10(2)14(17-4)11(3)8-12/h7-9,13,15-16H,5-6H2,1-4H3. The van der Waals surface area contributed by atoms with Gasteiger partial charge in [0.15, 0.2) is 0 Å². The van der Waals surface area contributed by atoms with Crippen LogP contribution in [0, 0.1) is 19.8 Å². The predicted octanol–water partition coefficient (Wildman–Crippen LogP) is 2.77. The van der Waals surface area contributed by atoms with E-state index in [0.29, 0.717) is 5.92 Å². The highest BCUT2D eigenvalue weighted by atomic mass is 16.5. The molecule has 100 valence electrons. The van der Waals surface area contributed by atoms with Crippen molar-refractivity contribution in [3.8, 4) is 5.75 Å². The van der Waals surface area contributed by atoms with E-state index in [2.05, 4.69) is 6.92 Å². The van der Waals surface area contributed by atoms with Gasteiger partial charge >= 0.3 is 0 Å². The monoisotopic (exact) mass is 250 g/mol. The molecule has 3 nitrogen and oxygen atoms in total. The van der Waals surface area contributed by atoms with Crippen LogP contribution in [0.25, 0.3) is 0 Å². The van der Waals surface area contributed by atoms with E-state index < -0.39 is 6.10 Å². The van der Waals surface area contributed by atoms with Crippen LogP contribution in [0.15, 0.2) is 12.1 Å². The van der Waals surface area contributed by atoms with E-state index in [1.54, 1.807) is 7.11 Å². The SMILES string of the molecule is COc1c(C)cc(C(O)C2OCCC2C)cc1C. The van der Waals surface area contributed by atoms with Crippen molar-refractivity contribution in [1.82, 2.24) is 0 Å². The van der Waals surface area contributed by atoms with Crippen LogP contribution >= 0.6 is 0 Å². The Bertz CT molecular complexity index is 405. The van der Waals surface area contributed by atoms with E-state index in [-0.39, 0.29) is 6.10 Å². The highest BCUT2D eigenvalue weighted by Gasteiger charge is 2.32. The average Bonchev–Trinajstić information content (AvgIpc) is 2.74. The van der Waals surface area contributed by atoms with Gasteiger partial charge < -0.3 is 14.6 Å². The number of methoxy groups -OCH3 is 1. The Balaban J connectivity index is 2.28. The molecule has 0 bridgehead atoms. The average molecular weight is 250 g/mol. The van der Waals surface area contributed by atoms with Crippen LogP contribution < -0.4 is 4.74 Å². The van der Waals surface area contributed by atoms with E-state index in [0.717, 1.165) is 35.5 Å². The zero-order valence-corrected chi connectivity index (χ0v) is 11.6. The highest BCUT2D eigenvalue weighted by Crippen LogP contribution is 2.34. The molecule has 0 aliphatic carbocycles. The lowest BCUT2D eigenvalue weighted by Crippen LogP contribution is -2.23. The second kappa shape index (κ2) is 5.29. The zero-order valence-electron chi connectivity index (χ0n) is 11.6. The Morgan fingerprint density at radius 3 is 2.39 bits per heavy atom. The van der Waals surface area contributed by atoms with Crippen LogP contribution in [0.3, 0.4) is 0 Å². The molecule has 18 heavy (non-hydrogen) atoms. The summed E-state index contributed by atoms with van der Waals surface area (Å²) in [7, 11) is 1.67. The van der Waals surface area contributed by atoms with Gasteiger partial charge in [0.1, 0.15) is 11.9 Å². The van der Waals surface area contributed by atoms with E-state index in [9.17, 15) is 5.11 Å². The van der Waals surface area contributed by atoms with Crippen LogP contribution in [0.2, 0.25) is 0 Å². The molecule has 1 fully saturated rings. The highest BCUT2D eigenvalue weighted by molar-refractivity contribution is 5.44. The predicted molar refractivity (Wildman–Crippen MR) is 70.9 cm³/mol. The molecule has 1 aliphatic rings. The van der Waals surface area contributed by atoms with Gasteiger partial charge in [0.2, 0.25) is 0 Å². The summed E-state index contributed by atoms with van der Waals surface area (Å²) in [5.74, 6) is 1.30. The molecule has 2 rings (SSSR count). The van der Waals surface area contributed by atoms with Crippen molar-refractivity contribution < 1.29 is 14.6 Å². The lowest BCUT2D eigenvalue weighted by Gasteiger charge is -2.23. The molecule has 0 radical (unpaired) electrons. The van der Waals surface area contributed by atoms with Crippen LogP contribution in [0.1, 0.15) is 36.1 Å². The first-order valence-corrected chi connectivity index (χ1v) is 6.49. The van der Waals surface area contributed by atoms with Crippen molar-refractivity contribution in [2.45, 2.75) is 39.4 Å². The second-order valence-electron chi connectivity index (χ2n) is 5.23. The summed E-state index contributed by atoms with van der Waals surface area (Å²) in [6, 6.07) is 3.98. The molecule has 1 aromatic rings. The van der Waals surface area contributed by atoms with Crippen LogP contribution in [0.4, 0.5) is 0 Å². The molecule has 1 aromatic carbocycles. The van der Waals surface area contributed by atoms with E-state index in [4.69, 9.17) is 9.47 Å². The van der Waals surface area contributed by atoms with Gasteiger partial charge in [0.25, 0.3) is 0 Å². The van der Waals surface area contributed by atoms with E-state index in [1.165, 1.54) is 0 Å². The molecule has 3 unspecified atom stereocenters. The maximum absolute atomic E-state index is 10.4. The maximum Gasteiger partial charge on any atom is 0.124 e. The lowest BCUT2D eigenvalue weighted by molar-refractivity contribution is -0.0178. The number of aryl methyl sites for hydroxylation is 2. The molecule has 0 spiro atoms. The third kappa shape index (κ3) is 2.38. The number of aliphatic hydroxyl groups is 1. The molecule has 1 saturated heterocycles. The molecule has 0 aromatic heterocycles. The summed E-state index contributed by atoms with van der Waals surface area (Å²) in [5, 5.41) is 10.4. The summed E-state index contributed by atoms with van der Waals surface area (Å²) in [6.45, 7) is 6.88. The summed E-state index contributed by atoms with van der Waals surface area (Å²) in [4.78, 5) is 0. The number of rotatable bonds is 3. The van der Waals surface area contributed by atoms with Gasteiger partial charge in [-0.2, -0.15) is 0 Å². The Morgan fingerprint density at radius 1 is 1.33 bits per heavy atom. The topological polar surface area (TPSA) is 38.7 Å². The number of hydrogen-bond acceptors (Lipinski definition) is 3. The molecule has 1 N–H and O–H groups in total. The minimum atomic E-state index is -0.550. The van der Waals surface area contributed by atoms with Gasteiger partial charge in [-0.05, 0) is 55.0 Å². The fraction of sp³-hybridized carbons (Fsp3) is 0.600. The summed E-state index contributed by atoms with van der Waals surface area (Å²) < 4.78 is 11.0. The lowest BCUT2D eigenvalue weighted by atomic mass is 9.92. The van der Waals surface area contributed by atoms with Gasteiger partial charge in [0.05, 0.1) is 13.2 Å². The molecule has 3 atom stereocenters. The van der Waals surface area contributed by atoms with Crippen LogP contribution in [-0.4, -0.2) is 24.9 Å². The van der Waals surface area contributed by atoms with Crippen molar-refractivity contribution in [1.29, 1.82) is 0 Å². The van der Waals surface area contributed by atoms with Gasteiger partial charge in [-0.25, -0.2) is 0 Å². The van der Waals surface area contributed by atoms with Crippen LogP contribution in [-0.2, 0) is 4.74 Å². The minimum Gasteiger partial charge on any atom is -0.496 e. The zero-order chi connectivity index (χ0) is 13.3. The number of benzene rings is 1.